The van der Waals surface area contributed by atoms with Gasteiger partial charge < -0.3 is 10.2 Å². The first-order chi connectivity index (χ1) is 9.93. The second-order valence-corrected chi connectivity index (χ2v) is 5.45. The highest BCUT2D eigenvalue weighted by molar-refractivity contribution is 6.09. The Hall–Kier alpha value is -2.29. The van der Waals surface area contributed by atoms with Crippen LogP contribution in [0, 0.1) is 20.8 Å². The van der Waals surface area contributed by atoms with Crippen LogP contribution in [0.15, 0.2) is 36.4 Å². The molecular formula is C18H22N2O. The molecule has 110 valence electrons. The molecule has 0 radical (unpaired) electrons. The first-order valence-corrected chi connectivity index (χ1v) is 7.07. The van der Waals surface area contributed by atoms with E-state index in [0.717, 1.165) is 22.5 Å². The monoisotopic (exact) mass is 282 g/mol. The quantitative estimate of drug-likeness (QED) is 0.925. The summed E-state index contributed by atoms with van der Waals surface area (Å²) < 4.78 is 0. The molecule has 0 bridgehead atoms. The number of amides is 1. The van der Waals surface area contributed by atoms with Gasteiger partial charge in [0.15, 0.2) is 0 Å². The van der Waals surface area contributed by atoms with Crippen molar-refractivity contribution in [3.8, 4) is 0 Å². The molecule has 2 aromatic carbocycles. The van der Waals surface area contributed by atoms with Gasteiger partial charge in [-0.25, -0.2) is 0 Å². The van der Waals surface area contributed by atoms with Gasteiger partial charge >= 0.3 is 0 Å². The zero-order chi connectivity index (χ0) is 15.6. The minimum Gasteiger partial charge on any atom is -0.387 e. The molecule has 0 saturated heterocycles. The van der Waals surface area contributed by atoms with Crippen molar-refractivity contribution in [1.82, 2.24) is 0 Å². The SMILES string of the molecule is CNc1cc(C)ccc1C(=O)N(C)c1ccc(C)cc1C. The van der Waals surface area contributed by atoms with Crippen molar-refractivity contribution in [2.24, 2.45) is 0 Å². The Morgan fingerprint density at radius 1 is 1.00 bits per heavy atom. The molecule has 2 rings (SSSR count). The van der Waals surface area contributed by atoms with Crippen molar-refractivity contribution < 1.29 is 4.79 Å². The van der Waals surface area contributed by atoms with E-state index in [0.29, 0.717) is 5.56 Å². The molecule has 3 nitrogen and oxygen atoms in total. The van der Waals surface area contributed by atoms with E-state index in [1.165, 1.54) is 5.56 Å². The summed E-state index contributed by atoms with van der Waals surface area (Å²) in [5.74, 6) is -0.00805. The van der Waals surface area contributed by atoms with Crippen LogP contribution < -0.4 is 10.2 Å². The molecule has 0 spiro atoms. The van der Waals surface area contributed by atoms with Crippen molar-refractivity contribution in [3.63, 3.8) is 0 Å². The van der Waals surface area contributed by atoms with Crippen LogP contribution in [0.2, 0.25) is 0 Å². The number of rotatable bonds is 3. The van der Waals surface area contributed by atoms with Crippen LogP contribution in [0.5, 0.6) is 0 Å². The Morgan fingerprint density at radius 2 is 1.62 bits per heavy atom. The lowest BCUT2D eigenvalue weighted by atomic mass is 10.1. The average molecular weight is 282 g/mol. The summed E-state index contributed by atoms with van der Waals surface area (Å²) in [4.78, 5) is 14.5. The molecule has 0 aliphatic heterocycles. The van der Waals surface area contributed by atoms with Gasteiger partial charge in [-0.15, -0.1) is 0 Å². The van der Waals surface area contributed by atoms with Crippen LogP contribution in [0.1, 0.15) is 27.0 Å². The van der Waals surface area contributed by atoms with E-state index in [2.05, 4.69) is 18.3 Å². The maximum Gasteiger partial charge on any atom is 0.260 e. The number of carbonyl (C=O) groups excluding carboxylic acids is 1. The highest BCUT2D eigenvalue weighted by Gasteiger charge is 2.18. The zero-order valence-electron chi connectivity index (χ0n) is 13.3. The summed E-state index contributed by atoms with van der Waals surface area (Å²) in [7, 11) is 3.65. The van der Waals surface area contributed by atoms with E-state index in [1.807, 2.05) is 58.3 Å². The normalized spacial score (nSPS) is 10.3. The van der Waals surface area contributed by atoms with E-state index in [-0.39, 0.29) is 5.91 Å². The number of benzene rings is 2. The molecule has 0 atom stereocenters. The number of carbonyl (C=O) groups is 1. The smallest absolute Gasteiger partial charge is 0.260 e. The largest absolute Gasteiger partial charge is 0.387 e. The first kappa shape index (κ1) is 15.1. The zero-order valence-corrected chi connectivity index (χ0v) is 13.3. The van der Waals surface area contributed by atoms with Crippen molar-refractivity contribution in [3.05, 3.63) is 58.7 Å². The Bertz CT molecular complexity index is 677. The van der Waals surface area contributed by atoms with Crippen LogP contribution in [-0.4, -0.2) is 20.0 Å². The van der Waals surface area contributed by atoms with Crippen LogP contribution in [0.3, 0.4) is 0 Å². The minimum atomic E-state index is -0.00805. The summed E-state index contributed by atoms with van der Waals surface area (Å²) in [6.45, 7) is 6.10. The fourth-order valence-electron chi connectivity index (χ4n) is 2.52. The summed E-state index contributed by atoms with van der Waals surface area (Å²) in [5.41, 5.74) is 5.91. The third-order valence-corrected chi connectivity index (χ3v) is 3.69. The molecule has 21 heavy (non-hydrogen) atoms. The Balaban J connectivity index is 2.39. The Labute approximate surface area is 126 Å². The third-order valence-electron chi connectivity index (χ3n) is 3.69. The highest BCUT2D eigenvalue weighted by atomic mass is 16.2. The predicted molar refractivity (Wildman–Crippen MR) is 89.4 cm³/mol. The van der Waals surface area contributed by atoms with Gasteiger partial charge in [-0.1, -0.05) is 23.8 Å². The van der Waals surface area contributed by atoms with Gasteiger partial charge in [-0.3, -0.25) is 4.79 Å². The second-order valence-electron chi connectivity index (χ2n) is 5.45. The van der Waals surface area contributed by atoms with E-state index in [1.54, 1.807) is 4.90 Å². The molecule has 0 aromatic heterocycles. The lowest BCUT2D eigenvalue weighted by molar-refractivity contribution is 0.0993. The van der Waals surface area contributed by atoms with Gasteiger partial charge in [0, 0.05) is 25.5 Å². The third kappa shape index (κ3) is 3.07. The first-order valence-electron chi connectivity index (χ1n) is 7.07. The van der Waals surface area contributed by atoms with Gasteiger partial charge in [-0.05, 0) is 50.1 Å². The number of hydrogen-bond acceptors (Lipinski definition) is 2. The Kier molecular flexibility index (Phi) is 4.32. The van der Waals surface area contributed by atoms with Gasteiger partial charge in [0.1, 0.15) is 0 Å². The van der Waals surface area contributed by atoms with Crippen LogP contribution in [0.25, 0.3) is 0 Å². The van der Waals surface area contributed by atoms with E-state index < -0.39 is 0 Å². The molecule has 1 amide bonds. The number of nitrogens with one attached hydrogen (secondary N) is 1. The van der Waals surface area contributed by atoms with E-state index in [9.17, 15) is 4.79 Å². The van der Waals surface area contributed by atoms with Gasteiger partial charge in [0.05, 0.1) is 5.56 Å². The van der Waals surface area contributed by atoms with Crippen LogP contribution in [-0.2, 0) is 0 Å². The summed E-state index contributed by atoms with van der Waals surface area (Å²) in [6.07, 6.45) is 0. The molecular weight excluding hydrogens is 260 g/mol. The Morgan fingerprint density at radius 3 is 2.24 bits per heavy atom. The molecule has 0 heterocycles. The number of aryl methyl sites for hydroxylation is 3. The fraction of sp³-hybridized carbons (Fsp3) is 0.278. The van der Waals surface area contributed by atoms with E-state index in [4.69, 9.17) is 0 Å². The molecule has 0 fully saturated rings. The lowest BCUT2D eigenvalue weighted by Gasteiger charge is -2.21. The molecule has 0 aliphatic rings. The maximum atomic E-state index is 12.8. The number of anilines is 2. The van der Waals surface area contributed by atoms with Crippen molar-refractivity contribution >= 4 is 17.3 Å². The second kappa shape index (κ2) is 6.00. The van der Waals surface area contributed by atoms with Gasteiger partial charge in [-0.2, -0.15) is 0 Å². The lowest BCUT2D eigenvalue weighted by Crippen LogP contribution is -2.27. The van der Waals surface area contributed by atoms with Gasteiger partial charge in [0.25, 0.3) is 5.91 Å². The van der Waals surface area contributed by atoms with Crippen LogP contribution in [0.4, 0.5) is 11.4 Å². The standard InChI is InChI=1S/C18H22N2O/c1-12-7-9-17(14(3)10-12)20(5)18(21)15-8-6-13(2)11-16(15)19-4/h6-11,19H,1-5H3. The molecule has 0 unspecified atom stereocenters. The van der Waals surface area contributed by atoms with Gasteiger partial charge in [0.2, 0.25) is 0 Å². The van der Waals surface area contributed by atoms with E-state index >= 15 is 0 Å². The van der Waals surface area contributed by atoms with Crippen molar-refractivity contribution in [2.75, 3.05) is 24.3 Å². The molecule has 3 heteroatoms. The minimum absolute atomic E-state index is 0.00805. The number of hydrogen-bond donors (Lipinski definition) is 1. The summed E-state index contributed by atoms with van der Waals surface area (Å²) in [5, 5.41) is 3.10. The number of nitrogens with zero attached hydrogens (tertiary/aromatic N) is 1. The molecule has 2 aromatic rings. The predicted octanol–water partition coefficient (Wildman–Crippen LogP) is 3.93. The summed E-state index contributed by atoms with van der Waals surface area (Å²) in [6, 6.07) is 11.9. The molecule has 1 N–H and O–H groups in total. The topological polar surface area (TPSA) is 32.3 Å². The molecule has 0 aliphatic carbocycles. The summed E-state index contributed by atoms with van der Waals surface area (Å²) >= 11 is 0. The highest BCUT2D eigenvalue weighted by Crippen LogP contribution is 2.24. The van der Waals surface area contributed by atoms with Crippen LogP contribution >= 0.6 is 0 Å². The average Bonchev–Trinajstić information content (AvgIpc) is 2.45. The molecule has 0 saturated carbocycles. The van der Waals surface area contributed by atoms with Crippen molar-refractivity contribution in [2.45, 2.75) is 20.8 Å². The van der Waals surface area contributed by atoms with Crippen molar-refractivity contribution in [1.29, 1.82) is 0 Å². The maximum absolute atomic E-state index is 12.8. The fourth-order valence-corrected chi connectivity index (χ4v) is 2.52.